The molecule has 0 spiro atoms. The third kappa shape index (κ3) is 5.85. The summed E-state index contributed by atoms with van der Waals surface area (Å²) in [6, 6.07) is 3.88. The lowest BCUT2D eigenvalue weighted by Gasteiger charge is -2.09. The van der Waals surface area contributed by atoms with Gasteiger partial charge in [-0.3, -0.25) is 9.59 Å². The van der Waals surface area contributed by atoms with Crippen molar-refractivity contribution in [3.8, 4) is 0 Å². The third-order valence-electron chi connectivity index (χ3n) is 2.68. The number of carbonyl (C=O) groups is 2. The minimum absolute atomic E-state index is 0.131. The highest BCUT2D eigenvalue weighted by Gasteiger charge is 2.30. The predicted octanol–water partition coefficient (Wildman–Crippen LogP) is 2.81. The predicted molar refractivity (Wildman–Crippen MR) is 72.5 cm³/mol. The zero-order valence-corrected chi connectivity index (χ0v) is 11.8. The second-order valence-corrected chi connectivity index (χ2v) is 4.97. The molecule has 2 amide bonds. The fraction of sp³-hybridized carbons (Fsp3) is 0.429. The van der Waals surface area contributed by atoms with E-state index in [2.05, 4.69) is 10.6 Å². The number of benzene rings is 1. The summed E-state index contributed by atoms with van der Waals surface area (Å²) in [5, 5.41) is 4.68. The van der Waals surface area contributed by atoms with E-state index in [1.54, 1.807) is 0 Å². The van der Waals surface area contributed by atoms with E-state index in [0.29, 0.717) is 12.5 Å². The smallest absolute Gasteiger partial charge is 0.348 e. The Labute approximate surface area is 120 Å². The minimum atomic E-state index is -4.43. The van der Waals surface area contributed by atoms with Crippen LogP contribution in [-0.4, -0.2) is 18.4 Å². The molecule has 0 heterocycles. The van der Waals surface area contributed by atoms with Crippen molar-refractivity contribution in [3.63, 3.8) is 0 Å². The summed E-state index contributed by atoms with van der Waals surface area (Å²) in [4.78, 5) is 23.0. The zero-order chi connectivity index (χ0) is 16.0. The minimum Gasteiger partial charge on any atom is -0.348 e. The highest BCUT2D eigenvalue weighted by Crippen LogP contribution is 2.29. The summed E-state index contributed by atoms with van der Waals surface area (Å²) in [5.74, 6) is -1.32. The van der Waals surface area contributed by atoms with Gasteiger partial charge in [0.25, 0.3) is 0 Å². The highest BCUT2D eigenvalue weighted by atomic mass is 19.4. The highest BCUT2D eigenvalue weighted by molar-refractivity contribution is 6.39. The topological polar surface area (TPSA) is 58.2 Å². The molecule has 116 valence electrons. The molecule has 0 aliphatic rings. The number of anilines is 1. The van der Waals surface area contributed by atoms with Crippen molar-refractivity contribution in [2.24, 2.45) is 5.92 Å². The van der Waals surface area contributed by atoms with Gasteiger partial charge < -0.3 is 10.6 Å². The van der Waals surface area contributed by atoms with E-state index >= 15 is 0 Å². The molecule has 0 aromatic heterocycles. The molecule has 4 nitrogen and oxygen atoms in total. The van der Waals surface area contributed by atoms with Crippen LogP contribution in [-0.2, 0) is 15.8 Å². The van der Waals surface area contributed by atoms with Gasteiger partial charge in [0.05, 0.1) is 5.56 Å². The SMILES string of the molecule is CC(C)CCNC(=O)C(=O)Nc1ccc(C(F)(F)F)cc1. The molecule has 0 aliphatic carbocycles. The van der Waals surface area contributed by atoms with Crippen LogP contribution in [0, 0.1) is 5.92 Å². The Kier molecular flexibility index (Phi) is 5.75. The summed E-state index contributed by atoms with van der Waals surface area (Å²) >= 11 is 0. The molecule has 0 radical (unpaired) electrons. The summed E-state index contributed by atoms with van der Waals surface area (Å²) < 4.78 is 37.1. The first-order valence-electron chi connectivity index (χ1n) is 6.46. The van der Waals surface area contributed by atoms with Crippen LogP contribution >= 0.6 is 0 Å². The molecule has 1 rings (SSSR count). The lowest BCUT2D eigenvalue weighted by molar-refractivity contribution is -0.137. The monoisotopic (exact) mass is 302 g/mol. The van der Waals surface area contributed by atoms with Crippen molar-refractivity contribution < 1.29 is 22.8 Å². The Bertz CT molecular complexity index is 496. The maximum atomic E-state index is 12.4. The lowest BCUT2D eigenvalue weighted by Crippen LogP contribution is -2.36. The Morgan fingerprint density at radius 2 is 1.67 bits per heavy atom. The standard InChI is InChI=1S/C14H17F3N2O2/c1-9(2)7-8-18-12(20)13(21)19-11-5-3-10(4-6-11)14(15,16)17/h3-6,9H,7-8H2,1-2H3,(H,18,20)(H,19,21). The number of halogens is 3. The largest absolute Gasteiger partial charge is 0.416 e. The third-order valence-corrected chi connectivity index (χ3v) is 2.68. The van der Waals surface area contributed by atoms with E-state index in [4.69, 9.17) is 0 Å². The first kappa shape index (κ1) is 17.0. The number of nitrogens with one attached hydrogen (secondary N) is 2. The molecular weight excluding hydrogens is 285 g/mol. The Morgan fingerprint density at radius 1 is 1.10 bits per heavy atom. The van der Waals surface area contributed by atoms with E-state index in [9.17, 15) is 22.8 Å². The van der Waals surface area contributed by atoms with Crippen LogP contribution in [0.1, 0.15) is 25.8 Å². The maximum Gasteiger partial charge on any atom is 0.416 e. The van der Waals surface area contributed by atoms with Gasteiger partial charge in [0.2, 0.25) is 0 Å². The van der Waals surface area contributed by atoms with Crippen molar-refractivity contribution in [1.29, 1.82) is 0 Å². The van der Waals surface area contributed by atoms with Gasteiger partial charge in [-0.2, -0.15) is 13.2 Å². The van der Waals surface area contributed by atoms with Crippen LogP contribution < -0.4 is 10.6 Å². The molecule has 1 aromatic carbocycles. The van der Waals surface area contributed by atoms with Crippen molar-refractivity contribution in [2.75, 3.05) is 11.9 Å². The fourth-order valence-electron chi connectivity index (χ4n) is 1.49. The van der Waals surface area contributed by atoms with Gasteiger partial charge in [-0.15, -0.1) is 0 Å². The van der Waals surface area contributed by atoms with Crippen LogP contribution in [0.25, 0.3) is 0 Å². The molecular formula is C14H17F3N2O2. The van der Waals surface area contributed by atoms with E-state index in [1.165, 1.54) is 0 Å². The van der Waals surface area contributed by atoms with Gasteiger partial charge in [-0.1, -0.05) is 13.8 Å². The van der Waals surface area contributed by atoms with Gasteiger partial charge >= 0.3 is 18.0 Å². The second kappa shape index (κ2) is 7.10. The average Bonchev–Trinajstić information content (AvgIpc) is 2.37. The normalized spacial score (nSPS) is 11.3. The summed E-state index contributed by atoms with van der Waals surface area (Å²) in [6.45, 7) is 4.33. The molecule has 0 unspecified atom stereocenters. The zero-order valence-electron chi connectivity index (χ0n) is 11.8. The number of alkyl halides is 3. The van der Waals surface area contributed by atoms with Crippen molar-refractivity contribution >= 4 is 17.5 Å². The van der Waals surface area contributed by atoms with Crippen LogP contribution in [0.4, 0.5) is 18.9 Å². The van der Waals surface area contributed by atoms with E-state index < -0.39 is 23.6 Å². The van der Waals surface area contributed by atoms with Gasteiger partial charge in [-0.25, -0.2) is 0 Å². The Balaban J connectivity index is 2.53. The van der Waals surface area contributed by atoms with Gasteiger partial charge in [-0.05, 0) is 36.6 Å². The molecule has 0 fully saturated rings. The number of hydrogen-bond acceptors (Lipinski definition) is 2. The second-order valence-electron chi connectivity index (χ2n) is 4.97. The molecule has 0 bridgehead atoms. The molecule has 2 N–H and O–H groups in total. The van der Waals surface area contributed by atoms with Gasteiger partial charge in [0.15, 0.2) is 0 Å². The summed E-state index contributed by atoms with van der Waals surface area (Å²) in [7, 11) is 0. The maximum absolute atomic E-state index is 12.4. The van der Waals surface area contributed by atoms with E-state index in [1.807, 2.05) is 13.8 Å². The molecule has 0 saturated heterocycles. The molecule has 0 saturated carbocycles. The van der Waals surface area contributed by atoms with Gasteiger partial charge in [0, 0.05) is 12.2 Å². The number of amides is 2. The number of rotatable bonds is 4. The fourth-order valence-corrected chi connectivity index (χ4v) is 1.49. The Hall–Kier alpha value is -2.05. The number of carbonyl (C=O) groups excluding carboxylic acids is 2. The van der Waals surface area contributed by atoms with Crippen LogP contribution in [0.2, 0.25) is 0 Å². The van der Waals surface area contributed by atoms with Crippen LogP contribution in [0.5, 0.6) is 0 Å². The van der Waals surface area contributed by atoms with Crippen molar-refractivity contribution in [3.05, 3.63) is 29.8 Å². The van der Waals surface area contributed by atoms with Crippen molar-refractivity contribution in [1.82, 2.24) is 5.32 Å². The lowest BCUT2D eigenvalue weighted by atomic mass is 10.1. The molecule has 21 heavy (non-hydrogen) atoms. The van der Waals surface area contributed by atoms with Gasteiger partial charge in [0.1, 0.15) is 0 Å². The summed E-state index contributed by atoms with van der Waals surface area (Å²) in [5.41, 5.74) is -0.686. The van der Waals surface area contributed by atoms with E-state index in [-0.39, 0.29) is 5.69 Å². The number of hydrogen-bond donors (Lipinski definition) is 2. The summed E-state index contributed by atoms with van der Waals surface area (Å²) in [6.07, 6.45) is -3.70. The first-order chi connectivity index (χ1) is 9.70. The molecule has 7 heteroatoms. The molecule has 0 aliphatic heterocycles. The average molecular weight is 302 g/mol. The van der Waals surface area contributed by atoms with E-state index in [0.717, 1.165) is 30.7 Å². The quantitative estimate of drug-likeness (QED) is 0.840. The van der Waals surface area contributed by atoms with Crippen LogP contribution in [0.3, 0.4) is 0 Å². The molecule has 0 atom stereocenters. The Morgan fingerprint density at radius 3 is 2.14 bits per heavy atom. The molecule has 1 aromatic rings. The van der Waals surface area contributed by atoms with Crippen molar-refractivity contribution in [2.45, 2.75) is 26.4 Å². The first-order valence-corrected chi connectivity index (χ1v) is 6.46. The van der Waals surface area contributed by atoms with Crippen LogP contribution in [0.15, 0.2) is 24.3 Å².